The van der Waals surface area contributed by atoms with Crippen molar-refractivity contribution >= 4 is 16.8 Å². The van der Waals surface area contributed by atoms with E-state index in [2.05, 4.69) is 11.1 Å². The van der Waals surface area contributed by atoms with E-state index in [0.29, 0.717) is 5.56 Å². The van der Waals surface area contributed by atoms with Crippen molar-refractivity contribution in [3.63, 3.8) is 0 Å². The highest BCUT2D eigenvalue weighted by molar-refractivity contribution is 5.94. The smallest absolute Gasteiger partial charge is 0.248 e. The zero-order valence-electron chi connectivity index (χ0n) is 10.2. The average Bonchev–Trinajstić information content (AvgIpc) is 2.47. The highest BCUT2D eigenvalue weighted by Crippen LogP contribution is 2.24. The number of aromatic nitrogens is 1. The number of hydrogen-bond donors (Lipinski definition) is 1. The summed E-state index contributed by atoms with van der Waals surface area (Å²) in [5.74, 6) is -0.413. The lowest BCUT2D eigenvalue weighted by atomic mass is 10.0. The van der Waals surface area contributed by atoms with Crippen molar-refractivity contribution in [1.29, 1.82) is 0 Å². The van der Waals surface area contributed by atoms with Crippen LogP contribution in [-0.2, 0) is 0 Å². The molecule has 0 saturated heterocycles. The third-order valence-electron chi connectivity index (χ3n) is 3.08. The van der Waals surface area contributed by atoms with Gasteiger partial charge in [-0.3, -0.25) is 9.78 Å². The van der Waals surface area contributed by atoms with Crippen LogP contribution in [-0.4, -0.2) is 10.9 Å². The fraction of sp³-hybridized carbons (Fsp3) is 0. The second-order valence-electron chi connectivity index (χ2n) is 4.36. The Morgan fingerprint density at radius 3 is 2.63 bits per heavy atom. The maximum atomic E-state index is 11.2. The molecule has 0 saturated carbocycles. The minimum Gasteiger partial charge on any atom is -0.366 e. The highest BCUT2D eigenvalue weighted by Gasteiger charge is 2.04. The molecular weight excluding hydrogens is 236 g/mol. The van der Waals surface area contributed by atoms with Crippen LogP contribution in [0.5, 0.6) is 0 Å². The molecular formula is C16H12N2O. The zero-order valence-corrected chi connectivity index (χ0v) is 10.2. The van der Waals surface area contributed by atoms with Gasteiger partial charge in [-0.1, -0.05) is 24.3 Å². The molecule has 0 aliphatic carbocycles. The van der Waals surface area contributed by atoms with Gasteiger partial charge in [0.15, 0.2) is 0 Å². The standard InChI is InChI=1S/C16H12N2O/c17-16(19)14-4-1-3-11(10-14)12-6-7-15-13(9-12)5-2-8-18-15/h1-10H,(H2,17,19). The van der Waals surface area contributed by atoms with Gasteiger partial charge in [0, 0.05) is 17.1 Å². The Hall–Kier alpha value is -2.68. The fourth-order valence-corrected chi connectivity index (χ4v) is 2.11. The highest BCUT2D eigenvalue weighted by atomic mass is 16.1. The van der Waals surface area contributed by atoms with Crippen LogP contribution in [0.1, 0.15) is 10.4 Å². The Balaban J connectivity index is 2.13. The Bertz CT molecular complexity index is 765. The van der Waals surface area contributed by atoms with Crippen molar-refractivity contribution in [1.82, 2.24) is 4.98 Å². The molecule has 0 unspecified atom stereocenters. The monoisotopic (exact) mass is 248 g/mol. The number of fused-ring (bicyclic) bond motifs is 1. The molecule has 3 rings (SSSR count). The summed E-state index contributed by atoms with van der Waals surface area (Å²) in [5.41, 5.74) is 8.79. The van der Waals surface area contributed by atoms with E-state index >= 15 is 0 Å². The van der Waals surface area contributed by atoms with E-state index in [1.165, 1.54) is 0 Å². The molecule has 0 spiro atoms. The molecule has 2 aromatic carbocycles. The SMILES string of the molecule is NC(=O)c1cccc(-c2ccc3ncccc3c2)c1. The maximum absolute atomic E-state index is 11.2. The number of rotatable bonds is 2. The van der Waals surface area contributed by atoms with Gasteiger partial charge in [-0.05, 0) is 41.5 Å². The van der Waals surface area contributed by atoms with E-state index in [9.17, 15) is 4.79 Å². The molecule has 92 valence electrons. The van der Waals surface area contributed by atoms with Crippen molar-refractivity contribution in [3.05, 3.63) is 66.4 Å². The van der Waals surface area contributed by atoms with Crippen LogP contribution >= 0.6 is 0 Å². The molecule has 19 heavy (non-hydrogen) atoms. The third kappa shape index (κ3) is 2.18. The summed E-state index contributed by atoms with van der Waals surface area (Å²) in [6.07, 6.45) is 1.77. The molecule has 2 N–H and O–H groups in total. The lowest BCUT2D eigenvalue weighted by Crippen LogP contribution is -2.10. The zero-order chi connectivity index (χ0) is 13.2. The summed E-state index contributed by atoms with van der Waals surface area (Å²) in [5, 5.41) is 1.07. The predicted molar refractivity (Wildman–Crippen MR) is 75.7 cm³/mol. The van der Waals surface area contributed by atoms with Crippen LogP contribution in [0.25, 0.3) is 22.0 Å². The second-order valence-corrected chi connectivity index (χ2v) is 4.36. The van der Waals surface area contributed by atoms with E-state index in [0.717, 1.165) is 22.0 Å². The van der Waals surface area contributed by atoms with Crippen molar-refractivity contribution in [2.45, 2.75) is 0 Å². The summed E-state index contributed by atoms with van der Waals surface area (Å²) in [4.78, 5) is 15.5. The fourth-order valence-electron chi connectivity index (χ4n) is 2.11. The van der Waals surface area contributed by atoms with Crippen LogP contribution in [0.3, 0.4) is 0 Å². The van der Waals surface area contributed by atoms with E-state index in [4.69, 9.17) is 5.73 Å². The molecule has 3 aromatic rings. The number of pyridine rings is 1. The normalized spacial score (nSPS) is 10.5. The van der Waals surface area contributed by atoms with Gasteiger partial charge in [0.05, 0.1) is 5.52 Å². The van der Waals surface area contributed by atoms with Crippen molar-refractivity contribution in [3.8, 4) is 11.1 Å². The Morgan fingerprint density at radius 1 is 0.947 bits per heavy atom. The summed E-state index contributed by atoms with van der Waals surface area (Å²) in [6.45, 7) is 0. The van der Waals surface area contributed by atoms with Crippen LogP contribution in [0, 0.1) is 0 Å². The number of carbonyl (C=O) groups excluding carboxylic acids is 1. The van der Waals surface area contributed by atoms with Crippen LogP contribution < -0.4 is 5.73 Å². The van der Waals surface area contributed by atoms with Gasteiger partial charge in [0.1, 0.15) is 0 Å². The largest absolute Gasteiger partial charge is 0.366 e. The molecule has 0 radical (unpaired) electrons. The number of amides is 1. The van der Waals surface area contributed by atoms with E-state index in [1.54, 1.807) is 18.3 Å². The Labute approximate surface area is 110 Å². The van der Waals surface area contributed by atoms with Crippen molar-refractivity contribution in [2.24, 2.45) is 5.73 Å². The van der Waals surface area contributed by atoms with Gasteiger partial charge < -0.3 is 5.73 Å². The molecule has 1 heterocycles. The topological polar surface area (TPSA) is 56.0 Å². The number of benzene rings is 2. The first kappa shape index (κ1) is 11.4. The second kappa shape index (κ2) is 4.53. The van der Waals surface area contributed by atoms with Crippen LogP contribution in [0.4, 0.5) is 0 Å². The van der Waals surface area contributed by atoms with E-state index < -0.39 is 5.91 Å². The van der Waals surface area contributed by atoms with Gasteiger partial charge in [-0.25, -0.2) is 0 Å². The molecule has 3 heteroatoms. The quantitative estimate of drug-likeness (QED) is 0.758. The van der Waals surface area contributed by atoms with Crippen LogP contribution in [0.15, 0.2) is 60.8 Å². The molecule has 0 bridgehead atoms. The minimum absolute atomic E-state index is 0.413. The number of primary amides is 1. The molecule has 3 nitrogen and oxygen atoms in total. The van der Waals surface area contributed by atoms with Gasteiger partial charge in [-0.15, -0.1) is 0 Å². The van der Waals surface area contributed by atoms with Crippen molar-refractivity contribution < 1.29 is 4.79 Å². The molecule has 0 aliphatic heterocycles. The number of hydrogen-bond acceptors (Lipinski definition) is 2. The first-order chi connectivity index (χ1) is 9.24. The van der Waals surface area contributed by atoms with Gasteiger partial charge in [0.2, 0.25) is 5.91 Å². The first-order valence-electron chi connectivity index (χ1n) is 5.99. The first-order valence-corrected chi connectivity index (χ1v) is 5.99. The summed E-state index contributed by atoms with van der Waals surface area (Å²) >= 11 is 0. The summed E-state index contributed by atoms with van der Waals surface area (Å²) < 4.78 is 0. The molecule has 0 atom stereocenters. The maximum Gasteiger partial charge on any atom is 0.248 e. The van der Waals surface area contributed by atoms with Crippen LogP contribution in [0.2, 0.25) is 0 Å². The van der Waals surface area contributed by atoms with Gasteiger partial charge >= 0.3 is 0 Å². The molecule has 1 amide bonds. The lowest BCUT2D eigenvalue weighted by molar-refractivity contribution is 0.100. The summed E-state index contributed by atoms with van der Waals surface area (Å²) in [6, 6.07) is 17.3. The number of nitrogens with zero attached hydrogens (tertiary/aromatic N) is 1. The Kier molecular flexibility index (Phi) is 2.72. The molecule has 0 fully saturated rings. The van der Waals surface area contributed by atoms with Gasteiger partial charge in [0.25, 0.3) is 0 Å². The number of carbonyl (C=O) groups is 1. The molecule has 0 aliphatic rings. The third-order valence-corrected chi connectivity index (χ3v) is 3.08. The average molecular weight is 248 g/mol. The van der Waals surface area contributed by atoms with E-state index in [-0.39, 0.29) is 0 Å². The summed E-state index contributed by atoms with van der Waals surface area (Å²) in [7, 11) is 0. The predicted octanol–water partition coefficient (Wildman–Crippen LogP) is 3.00. The number of nitrogens with two attached hydrogens (primary N) is 1. The van der Waals surface area contributed by atoms with Gasteiger partial charge in [-0.2, -0.15) is 0 Å². The Morgan fingerprint density at radius 2 is 1.79 bits per heavy atom. The van der Waals surface area contributed by atoms with E-state index in [1.807, 2.05) is 36.4 Å². The molecule has 1 aromatic heterocycles. The lowest BCUT2D eigenvalue weighted by Gasteiger charge is -2.05. The minimum atomic E-state index is -0.413. The van der Waals surface area contributed by atoms with Crippen molar-refractivity contribution in [2.75, 3.05) is 0 Å².